The Bertz CT molecular complexity index is 374. The number of halogens is 2. The van der Waals surface area contributed by atoms with Crippen LogP contribution in [-0.4, -0.2) is 18.6 Å². The van der Waals surface area contributed by atoms with Crippen molar-refractivity contribution in [3.05, 3.63) is 23.0 Å². The van der Waals surface area contributed by atoms with Gasteiger partial charge in [0.25, 0.3) is 0 Å². The van der Waals surface area contributed by atoms with Crippen molar-refractivity contribution in [1.82, 2.24) is 0 Å². The van der Waals surface area contributed by atoms with E-state index in [-0.39, 0.29) is 5.02 Å². The summed E-state index contributed by atoms with van der Waals surface area (Å²) in [4.78, 5) is 0. The van der Waals surface area contributed by atoms with E-state index in [4.69, 9.17) is 17.3 Å². The fourth-order valence-electron chi connectivity index (χ4n) is 1.66. The van der Waals surface area contributed by atoms with Crippen molar-refractivity contribution in [2.75, 3.05) is 29.6 Å². The van der Waals surface area contributed by atoms with Crippen LogP contribution in [0.3, 0.4) is 0 Å². The van der Waals surface area contributed by atoms with Crippen LogP contribution in [-0.2, 0) is 0 Å². The summed E-state index contributed by atoms with van der Waals surface area (Å²) >= 11 is 7.60. The van der Waals surface area contributed by atoms with Crippen LogP contribution in [0.2, 0.25) is 5.02 Å². The average molecular weight is 291 g/mol. The number of hydrogen-bond donors (Lipinski definition) is 2. The summed E-state index contributed by atoms with van der Waals surface area (Å²) in [6.45, 7) is 0.839. The Kier molecular flexibility index (Phi) is 7.28. The smallest absolute Gasteiger partial charge is 0.143 e. The Hall–Kier alpha value is -0.610. The van der Waals surface area contributed by atoms with Gasteiger partial charge < -0.3 is 11.1 Å². The molecule has 0 saturated heterocycles. The van der Waals surface area contributed by atoms with Crippen LogP contribution in [0.25, 0.3) is 0 Å². The quantitative estimate of drug-likeness (QED) is 0.550. The maximum atomic E-state index is 13.1. The zero-order valence-electron chi connectivity index (χ0n) is 10.6. The van der Waals surface area contributed by atoms with Crippen LogP contribution in [0.5, 0.6) is 0 Å². The van der Waals surface area contributed by atoms with E-state index in [1.165, 1.54) is 31.1 Å². The summed E-state index contributed by atoms with van der Waals surface area (Å²) in [5, 5.41) is 3.29. The number of nitrogens with two attached hydrogens (primary N) is 1. The van der Waals surface area contributed by atoms with Crippen molar-refractivity contribution >= 4 is 34.7 Å². The molecular formula is C13H20ClFN2S. The van der Waals surface area contributed by atoms with Gasteiger partial charge in [0.15, 0.2) is 0 Å². The van der Waals surface area contributed by atoms with E-state index < -0.39 is 5.82 Å². The summed E-state index contributed by atoms with van der Waals surface area (Å²) in [5.74, 6) is 0.755. The molecule has 0 amide bonds. The fourth-order valence-corrected chi connectivity index (χ4v) is 2.32. The van der Waals surface area contributed by atoms with Crippen LogP contribution in [0.1, 0.15) is 25.7 Å². The molecule has 2 nitrogen and oxygen atoms in total. The predicted molar refractivity (Wildman–Crippen MR) is 81.2 cm³/mol. The number of rotatable bonds is 8. The summed E-state index contributed by atoms with van der Waals surface area (Å²) in [6, 6.07) is 2.79. The predicted octanol–water partition coefficient (Wildman–Crippen LogP) is 4.40. The third kappa shape index (κ3) is 5.36. The zero-order valence-corrected chi connectivity index (χ0v) is 12.2. The highest BCUT2D eigenvalue weighted by atomic mass is 35.5. The van der Waals surface area contributed by atoms with Crippen LogP contribution in [0.4, 0.5) is 15.8 Å². The van der Waals surface area contributed by atoms with Gasteiger partial charge in [-0.05, 0) is 30.9 Å². The monoisotopic (exact) mass is 290 g/mol. The van der Waals surface area contributed by atoms with Crippen molar-refractivity contribution in [1.29, 1.82) is 0 Å². The number of hydrogen-bond acceptors (Lipinski definition) is 3. The van der Waals surface area contributed by atoms with Gasteiger partial charge in [-0.15, -0.1) is 0 Å². The first-order chi connectivity index (χ1) is 8.65. The molecule has 0 aromatic heterocycles. The lowest BCUT2D eigenvalue weighted by Gasteiger charge is -2.10. The normalized spacial score (nSPS) is 10.6. The fraction of sp³-hybridized carbons (Fsp3) is 0.538. The maximum absolute atomic E-state index is 13.1. The highest BCUT2D eigenvalue weighted by molar-refractivity contribution is 7.98. The molecule has 0 aliphatic heterocycles. The molecule has 102 valence electrons. The number of unbranched alkanes of at least 4 members (excludes halogenated alkanes) is 3. The summed E-state index contributed by atoms with van der Waals surface area (Å²) in [7, 11) is 0. The lowest BCUT2D eigenvalue weighted by Crippen LogP contribution is -2.04. The Morgan fingerprint density at radius 3 is 2.72 bits per heavy atom. The van der Waals surface area contributed by atoms with Crippen molar-refractivity contribution < 1.29 is 4.39 Å². The van der Waals surface area contributed by atoms with Crippen molar-refractivity contribution in [2.24, 2.45) is 0 Å². The second kappa shape index (κ2) is 8.48. The van der Waals surface area contributed by atoms with E-state index in [1.54, 1.807) is 6.07 Å². The standard InChI is InChI=1S/C13H20ClFN2S/c1-18-7-5-3-2-4-6-17-13-8-10(14)11(15)9-12(13)16/h8-9,17H,2-7,16H2,1H3. The third-order valence-corrected chi connectivity index (χ3v) is 3.67. The van der Waals surface area contributed by atoms with E-state index in [0.717, 1.165) is 13.0 Å². The van der Waals surface area contributed by atoms with Crippen molar-refractivity contribution in [3.63, 3.8) is 0 Å². The second-order valence-electron chi connectivity index (χ2n) is 4.19. The minimum absolute atomic E-state index is 0.103. The van der Waals surface area contributed by atoms with Gasteiger partial charge in [-0.2, -0.15) is 11.8 Å². The number of nitrogen functional groups attached to an aromatic ring is 1. The second-order valence-corrected chi connectivity index (χ2v) is 5.58. The molecule has 0 unspecified atom stereocenters. The molecule has 1 aromatic carbocycles. The van der Waals surface area contributed by atoms with Crippen molar-refractivity contribution in [3.8, 4) is 0 Å². The largest absolute Gasteiger partial charge is 0.397 e. The molecule has 0 radical (unpaired) electrons. The summed E-state index contributed by atoms with van der Waals surface area (Å²) in [5.41, 5.74) is 6.82. The van der Waals surface area contributed by atoms with Gasteiger partial charge in [0.1, 0.15) is 5.82 Å². The van der Waals surface area contributed by atoms with Gasteiger partial charge >= 0.3 is 0 Å². The molecule has 0 heterocycles. The molecule has 0 aliphatic carbocycles. The molecule has 1 aromatic rings. The van der Waals surface area contributed by atoms with E-state index in [0.29, 0.717) is 11.4 Å². The topological polar surface area (TPSA) is 38.0 Å². The Morgan fingerprint density at radius 2 is 2.00 bits per heavy atom. The van der Waals surface area contributed by atoms with E-state index >= 15 is 0 Å². The first kappa shape index (κ1) is 15.4. The number of nitrogens with one attached hydrogen (secondary N) is 1. The first-order valence-corrected chi connectivity index (χ1v) is 7.89. The minimum atomic E-state index is -0.475. The Balaban J connectivity index is 2.25. The third-order valence-electron chi connectivity index (χ3n) is 2.68. The number of benzene rings is 1. The molecule has 0 bridgehead atoms. The minimum Gasteiger partial charge on any atom is -0.397 e. The lowest BCUT2D eigenvalue weighted by molar-refractivity contribution is 0.629. The van der Waals surface area contributed by atoms with E-state index in [2.05, 4.69) is 11.6 Å². The number of anilines is 2. The van der Waals surface area contributed by atoms with Gasteiger partial charge in [-0.25, -0.2) is 4.39 Å². The van der Waals surface area contributed by atoms with Gasteiger partial charge in [0, 0.05) is 12.6 Å². The Morgan fingerprint density at radius 1 is 1.28 bits per heavy atom. The lowest BCUT2D eigenvalue weighted by atomic mass is 10.2. The van der Waals surface area contributed by atoms with Crippen LogP contribution < -0.4 is 11.1 Å². The average Bonchev–Trinajstić information content (AvgIpc) is 2.34. The molecule has 0 aliphatic rings. The van der Waals surface area contributed by atoms with Crippen LogP contribution in [0.15, 0.2) is 12.1 Å². The molecular weight excluding hydrogens is 271 g/mol. The number of thioether (sulfide) groups is 1. The molecule has 18 heavy (non-hydrogen) atoms. The summed E-state index contributed by atoms with van der Waals surface area (Å²) < 4.78 is 13.1. The van der Waals surface area contributed by atoms with E-state index in [9.17, 15) is 4.39 Å². The zero-order chi connectivity index (χ0) is 13.4. The van der Waals surface area contributed by atoms with E-state index in [1.807, 2.05) is 11.8 Å². The summed E-state index contributed by atoms with van der Waals surface area (Å²) in [6.07, 6.45) is 6.93. The highest BCUT2D eigenvalue weighted by Gasteiger charge is 2.05. The molecule has 0 spiro atoms. The maximum Gasteiger partial charge on any atom is 0.143 e. The molecule has 0 fully saturated rings. The van der Waals surface area contributed by atoms with Crippen LogP contribution in [0, 0.1) is 5.82 Å². The molecule has 0 atom stereocenters. The Labute approximate surface area is 117 Å². The SMILES string of the molecule is CSCCCCCCNc1cc(Cl)c(F)cc1N. The van der Waals surface area contributed by atoms with Gasteiger partial charge in [0.05, 0.1) is 16.4 Å². The first-order valence-electron chi connectivity index (χ1n) is 6.12. The molecule has 1 rings (SSSR count). The van der Waals surface area contributed by atoms with Crippen molar-refractivity contribution in [2.45, 2.75) is 25.7 Å². The molecule has 3 N–H and O–H groups in total. The van der Waals surface area contributed by atoms with Gasteiger partial charge in [0.2, 0.25) is 0 Å². The van der Waals surface area contributed by atoms with Gasteiger partial charge in [-0.1, -0.05) is 24.4 Å². The molecule has 0 saturated carbocycles. The van der Waals surface area contributed by atoms with Gasteiger partial charge in [-0.3, -0.25) is 0 Å². The van der Waals surface area contributed by atoms with Crippen LogP contribution >= 0.6 is 23.4 Å². The molecule has 5 heteroatoms. The highest BCUT2D eigenvalue weighted by Crippen LogP contribution is 2.26.